The van der Waals surface area contributed by atoms with Crippen LogP contribution in [-0.2, 0) is 11.3 Å². The maximum absolute atomic E-state index is 11.8. The van der Waals surface area contributed by atoms with E-state index in [-0.39, 0.29) is 29.2 Å². The van der Waals surface area contributed by atoms with Crippen LogP contribution >= 0.6 is 0 Å². The molecule has 4 N–H and O–H groups in total. The third kappa shape index (κ3) is 4.98. The number of nitrogens with one attached hydrogen (secondary N) is 2. The molecule has 9 heteroatoms. The van der Waals surface area contributed by atoms with E-state index < -0.39 is 4.92 Å². The molecule has 1 heterocycles. The van der Waals surface area contributed by atoms with Crippen molar-refractivity contribution in [2.75, 3.05) is 17.2 Å². The van der Waals surface area contributed by atoms with Gasteiger partial charge in [-0.25, -0.2) is 4.98 Å². The minimum absolute atomic E-state index is 0.0375. The van der Waals surface area contributed by atoms with Crippen LogP contribution < -0.4 is 16.4 Å². The second kappa shape index (κ2) is 8.54. The number of hydrogen-bond acceptors (Lipinski definition) is 8. The first-order chi connectivity index (χ1) is 13.0. The molecule has 0 saturated heterocycles. The summed E-state index contributed by atoms with van der Waals surface area (Å²) in [5, 5.41) is 17.3. The van der Waals surface area contributed by atoms with Crippen LogP contribution in [0.25, 0.3) is 0 Å². The first-order valence-electron chi connectivity index (χ1n) is 8.84. The van der Waals surface area contributed by atoms with Gasteiger partial charge < -0.3 is 16.4 Å². The Kier molecular flexibility index (Phi) is 5.92. The number of Topliss-reactive ketones (excluding diaryl/α,β-unsaturated/α-hetero) is 1. The molecule has 1 saturated carbocycles. The van der Waals surface area contributed by atoms with E-state index in [0.29, 0.717) is 31.9 Å². The van der Waals surface area contributed by atoms with Crippen LogP contribution in [0.3, 0.4) is 0 Å². The van der Waals surface area contributed by atoms with E-state index >= 15 is 0 Å². The molecule has 142 valence electrons. The molecular formula is C18H22N6O3. The fourth-order valence-electron chi connectivity index (χ4n) is 3.03. The van der Waals surface area contributed by atoms with Crippen molar-refractivity contribution in [3.63, 3.8) is 0 Å². The van der Waals surface area contributed by atoms with Gasteiger partial charge in [-0.3, -0.25) is 14.9 Å². The minimum Gasteiger partial charge on any atom is -0.364 e. The van der Waals surface area contributed by atoms with Gasteiger partial charge in [-0.1, -0.05) is 30.3 Å². The number of aromatic nitrogens is 2. The Morgan fingerprint density at radius 2 is 2.00 bits per heavy atom. The van der Waals surface area contributed by atoms with Crippen molar-refractivity contribution in [1.29, 1.82) is 0 Å². The highest BCUT2D eigenvalue weighted by Gasteiger charge is 2.26. The SMILES string of the molecule is N[C@@H]1CC[C@@H](CNc2nc(NCc3ccccc3)ncc2[N+](=O)[O-])CC1=O. The molecule has 0 amide bonds. The van der Waals surface area contributed by atoms with E-state index in [1.54, 1.807) is 0 Å². The van der Waals surface area contributed by atoms with Gasteiger partial charge in [-0.2, -0.15) is 4.98 Å². The van der Waals surface area contributed by atoms with Gasteiger partial charge in [-0.05, 0) is 24.3 Å². The van der Waals surface area contributed by atoms with E-state index in [1.807, 2.05) is 30.3 Å². The van der Waals surface area contributed by atoms with Gasteiger partial charge in [0, 0.05) is 19.5 Å². The third-order valence-electron chi connectivity index (χ3n) is 4.61. The number of nitrogens with zero attached hydrogens (tertiary/aromatic N) is 3. The van der Waals surface area contributed by atoms with E-state index in [4.69, 9.17) is 5.73 Å². The number of anilines is 2. The Hall–Kier alpha value is -3.07. The summed E-state index contributed by atoms with van der Waals surface area (Å²) >= 11 is 0. The summed E-state index contributed by atoms with van der Waals surface area (Å²) in [6.45, 7) is 0.932. The largest absolute Gasteiger partial charge is 0.364 e. The van der Waals surface area contributed by atoms with Crippen LogP contribution in [0.5, 0.6) is 0 Å². The van der Waals surface area contributed by atoms with Crippen molar-refractivity contribution in [1.82, 2.24) is 9.97 Å². The van der Waals surface area contributed by atoms with Gasteiger partial charge in [0.2, 0.25) is 11.8 Å². The lowest BCUT2D eigenvalue weighted by Crippen LogP contribution is -2.38. The van der Waals surface area contributed by atoms with Crippen molar-refractivity contribution in [3.05, 3.63) is 52.2 Å². The van der Waals surface area contributed by atoms with E-state index in [1.165, 1.54) is 6.20 Å². The Balaban J connectivity index is 1.66. The summed E-state index contributed by atoms with van der Waals surface area (Å²) < 4.78 is 0. The van der Waals surface area contributed by atoms with Crippen molar-refractivity contribution in [2.45, 2.75) is 31.8 Å². The highest BCUT2D eigenvalue weighted by atomic mass is 16.6. The topological polar surface area (TPSA) is 136 Å². The molecule has 1 aliphatic carbocycles. The normalized spacial score (nSPS) is 19.5. The molecular weight excluding hydrogens is 348 g/mol. The standard InChI is InChI=1S/C18H22N6O3/c19-14-7-6-13(8-16(14)25)10-20-17-15(24(26)27)11-22-18(23-17)21-9-12-4-2-1-3-5-12/h1-5,11,13-14H,6-10,19H2,(H2,20,21,22,23)/t13-,14-/m1/s1. The van der Waals surface area contributed by atoms with Crippen LogP contribution in [-0.4, -0.2) is 33.3 Å². The lowest BCUT2D eigenvalue weighted by Gasteiger charge is -2.25. The second-order valence-electron chi connectivity index (χ2n) is 6.62. The second-order valence-corrected chi connectivity index (χ2v) is 6.62. The highest BCUT2D eigenvalue weighted by molar-refractivity contribution is 5.84. The zero-order valence-corrected chi connectivity index (χ0v) is 14.8. The maximum atomic E-state index is 11.8. The van der Waals surface area contributed by atoms with Gasteiger partial charge in [-0.15, -0.1) is 0 Å². The molecule has 0 aliphatic heterocycles. The van der Waals surface area contributed by atoms with Crippen LogP contribution in [0.1, 0.15) is 24.8 Å². The van der Waals surface area contributed by atoms with Gasteiger partial charge >= 0.3 is 5.69 Å². The lowest BCUT2D eigenvalue weighted by atomic mass is 9.85. The van der Waals surface area contributed by atoms with Gasteiger partial charge in [0.1, 0.15) is 12.0 Å². The van der Waals surface area contributed by atoms with E-state index in [2.05, 4.69) is 20.6 Å². The Morgan fingerprint density at radius 3 is 2.70 bits per heavy atom. The van der Waals surface area contributed by atoms with Crippen LogP contribution in [0, 0.1) is 16.0 Å². The summed E-state index contributed by atoms with van der Waals surface area (Å²) in [6.07, 6.45) is 3.01. The van der Waals surface area contributed by atoms with Crippen molar-refractivity contribution in [2.24, 2.45) is 11.7 Å². The van der Waals surface area contributed by atoms with Crippen LogP contribution in [0.15, 0.2) is 36.5 Å². The molecule has 3 rings (SSSR count). The lowest BCUT2D eigenvalue weighted by molar-refractivity contribution is -0.384. The average molecular weight is 370 g/mol. The summed E-state index contributed by atoms with van der Waals surface area (Å²) in [5.41, 5.74) is 6.58. The predicted molar refractivity (Wildman–Crippen MR) is 101 cm³/mol. The Morgan fingerprint density at radius 1 is 1.22 bits per heavy atom. The molecule has 1 aromatic carbocycles. The zero-order chi connectivity index (χ0) is 19.2. The molecule has 0 bridgehead atoms. The van der Waals surface area contributed by atoms with Crippen molar-refractivity contribution >= 4 is 23.2 Å². The summed E-state index contributed by atoms with van der Waals surface area (Å²) in [7, 11) is 0. The first kappa shape index (κ1) is 18.7. The summed E-state index contributed by atoms with van der Waals surface area (Å²) in [4.78, 5) is 30.8. The maximum Gasteiger partial charge on any atom is 0.329 e. The molecule has 1 aliphatic rings. The Labute approximate surface area is 156 Å². The number of carbonyl (C=O) groups excluding carboxylic acids is 1. The van der Waals surface area contributed by atoms with E-state index in [0.717, 1.165) is 12.0 Å². The number of nitro groups is 1. The molecule has 2 atom stereocenters. The summed E-state index contributed by atoms with van der Waals surface area (Å²) in [6, 6.07) is 9.32. The van der Waals surface area contributed by atoms with Gasteiger partial charge in [0.15, 0.2) is 0 Å². The molecule has 1 aromatic heterocycles. The monoisotopic (exact) mass is 370 g/mol. The van der Waals surface area contributed by atoms with Gasteiger partial charge in [0.25, 0.3) is 0 Å². The number of hydrogen-bond donors (Lipinski definition) is 3. The fourth-order valence-corrected chi connectivity index (χ4v) is 3.03. The van der Waals surface area contributed by atoms with Crippen molar-refractivity contribution < 1.29 is 9.72 Å². The van der Waals surface area contributed by atoms with Gasteiger partial charge in [0.05, 0.1) is 11.0 Å². The number of nitrogens with two attached hydrogens (primary N) is 1. The average Bonchev–Trinajstić information content (AvgIpc) is 2.68. The number of benzene rings is 1. The first-order valence-corrected chi connectivity index (χ1v) is 8.84. The van der Waals surface area contributed by atoms with E-state index in [9.17, 15) is 14.9 Å². The molecule has 0 radical (unpaired) electrons. The third-order valence-corrected chi connectivity index (χ3v) is 4.61. The molecule has 1 fully saturated rings. The smallest absolute Gasteiger partial charge is 0.329 e. The quantitative estimate of drug-likeness (QED) is 0.498. The molecule has 9 nitrogen and oxygen atoms in total. The molecule has 0 unspecified atom stereocenters. The van der Waals surface area contributed by atoms with Crippen LogP contribution in [0.2, 0.25) is 0 Å². The number of carbonyl (C=O) groups is 1. The molecule has 0 spiro atoms. The number of rotatable bonds is 7. The minimum atomic E-state index is -0.523. The summed E-state index contributed by atoms with van der Waals surface area (Å²) in [5.74, 6) is 0.574. The van der Waals surface area contributed by atoms with Crippen LogP contribution in [0.4, 0.5) is 17.5 Å². The van der Waals surface area contributed by atoms with Crippen molar-refractivity contribution in [3.8, 4) is 0 Å². The molecule has 2 aromatic rings. The fraction of sp³-hybridized carbons (Fsp3) is 0.389. The predicted octanol–water partition coefficient (Wildman–Crippen LogP) is 2.11. The Bertz CT molecular complexity index is 814. The highest BCUT2D eigenvalue weighted by Crippen LogP contribution is 2.25. The zero-order valence-electron chi connectivity index (χ0n) is 14.8. The molecule has 27 heavy (non-hydrogen) atoms. The number of ketones is 1.